The zero-order valence-electron chi connectivity index (χ0n) is 9.87. The van der Waals surface area contributed by atoms with E-state index in [1.165, 1.54) is 32.4 Å². The van der Waals surface area contributed by atoms with Gasteiger partial charge in [0.15, 0.2) is 0 Å². The van der Waals surface area contributed by atoms with Crippen LogP contribution >= 0.6 is 0 Å². The zero-order chi connectivity index (χ0) is 10.7. The smallest absolute Gasteiger partial charge is 0.137 e. The molecule has 0 spiro atoms. The molecule has 2 unspecified atom stereocenters. The Morgan fingerprint density at radius 2 is 2.13 bits per heavy atom. The van der Waals surface area contributed by atoms with Gasteiger partial charge < -0.3 is 4.90 Å². The van der Waals surface area contributed by atoms with Crippen LogP contribution in [0.2, 0.25) is 0 Å². The van der Waals surface area contributed by atoms with Gasteiger partial charge in [-0.1, -0.05) is 13.3 Å². The average Bonchev–Trinajstić information content (AvgIpc) is 2.22. The van der Waals surface area contributed by atoms with Crippen molar-refractivity contribution in [3.05, 3.63) is 0 Å². The van der Waals surface area contributed by atoms with Crippen molar-refractivity contribution in [1.29, 1.82) is 0 Å². The maximum absolute atomic E-state index is 11.7. The maximum atomic E-state index is 11.7. The van der Waals surface area contributed by atoms with Crippen LogP contribution in [0.25, 0.3) is 0 Å². The van der Waals surface area contributed by atoms with E-state index < -0.39 is 0 Å². The van der Waals surface area contributed by atoms with Crippen molar-refractivity contribution in [3.8, 4) is 0 Å². The summed E-state index contributed by atoms with van der Waals surface area (Å²) in [6.07, 6.45) is 7.07. The van der Waals surface area contributed by atoms with Crippen molar-refractivity contribution >= 4 is 5.78 Å². The number of likely N-dealkylation sites (tertiary alicyclic amines) is 1. The van der Waals surface area contributed by atoms with Crippen LogP contribution in [0.5, 0.6) is 0 Å². The minimum absolute atomic E-state index is 0.365. The molecule has 0 aromatic rings. The normalized spacial score (nSPS) is 34.3. The topological polar surface area (TPSA) is 20.3 Å². The van der Waals surface area contributed by atoms with Crippen LogP contribution in [-0.4, -0.2) is 30.3 Å². The summed E-state index contributed by atoms with van der Waals surface area (Å²) in [6.45, 7) is 5.80. The van der Waals surface area contributed by atoms with Gasteiger partial charge in [-0.3, -0.25) is 4.79 Å². The minimum atomic E-state index is 0.365. The van der Waals surface area contributed by atoms with Crippen molar-refractivity contribution in [2.75, 3.05) is 19.6 Å². The molecule has 0 aromatic carbocycles. The predicted molar refractivity (Wildman–Crippen MR) is 61.8 cm³/mol. The van der Waals surface area contributed by atoms with E-state index in [4.69, 9.17) is 0 Å². The Morgan fingerprint density at radius 3 is 2.87 bits per heavy atom. The van der Waals surface area contributed by atoms with Gasteiger partial charge in [0.1, 0.15) is 5.78 Å². The molecule has 2 aliphatic rings. The molecule has 0 N–H and O–H groups in total. The Labute approximate surface area is 93.0 Å². The standard InChI is InChI=1S/C13H23NO/c1-11-5-4-8-14(9-11)10-12-6-2-3-7-13(12)15/h11-12H,2-10H2,1H3. The first-order valence-electron chi connectivity index (χ1n) is 6.51. The van der Waals surface area contributed by atoms with Gasteiger partial charge in [0.2, 0.25) is 0 Å². The second-order valence-corrected chi connectivity index (χ2v) is 5.42. The van der Waals surface area contributed by atoms with Gasteiger partial charge in [-0.25, -0.2) is 0 Å². The van der Waals surface area contributed by atoms with E-state index in [0.717, 1.165) is 31.7 Å². The second-order valence-electron chi connectivity index (χ2n) is 5.42. The molecule has 1 saturated heterocycles. The molecule has 2 rings (SSSR count). The predicted octanol–water partition coefficient (Wildman–Crippen LogP) is 2.48. The highest BCUT2D eigenvalue weighted by atomic mass is 16.1. The summed E-state index contributed by atoms with van der Waals surface area (Å²) < 4.78 is 0. The number of hydrogen-bond acceptors (Lipinski definition) is 2. The molecule has 0 bridgehead atoms. The van der Waals surface area contributed by atoms with Crippen molar-refractivity contribution in [3.63, 3.8) is 0 Å². The van der Waals surface area contributed by atoms with Crippen molar-refractivity contribution < 1.29 is 4.79 Å². The summed E-state index contributed by atoms with van der Waals surface area (Å²) in [5.41, 5.74) is 0. The van der Waals surface area contributed by atoms with E-state index in [9.17, 15) is 4.79 Å². The van der Waals surface area contributed by atoms with Gasteiger partial charge in [-0.05, 0) is 38.1 Å². The molecular formula is C13H23NO. The molecule has 2 fully saturated rings. The van der Waals surface area contributed by atoms with E-state index >= 15 is 0 Å². The van der Waals surface area contributed by atoms with Gasteiger partial charge in [0, 0.05) is 25.4 Å². The number of nitrogens with zero attached hydrogens (tertiary/aromatic N) is 1. The van der Waals surface area contributed by atoms with Crippen molar-refractivity contribution in [2.45, 2.75) is 45.4 Å². The van der Waals surface area contributed by atoms with Crippen molar-refractivity contribution in [2.24, 2.45) is 11.8 Å². The molecule has 2 nitrogen and oxygen atoms in total. The quantitative estimate of drug-likeness (QED) is 0.696. The molecule has 0 amide bonds. The highest BCUT2D eigenvalue weighted by Crippen LogP contribution is 2.23. The number of ketones is 1. The van der Waals surface area contributed by atoms with Crippen LogP contribution in [0.15, 0.2) is 0 Å². The first kappa shape index (κ1) is 11.1. The maximum Gasteiger partial charge on any atom is 0.137 e. The number of Topliss-reactive ketones (excluding diaryl/α,β-unsaturated/α-hetero) is 1. The summed E-state index contributed by atoms with van der Waals surface area (Å²) >= 11 is 0. The third-order valence-corrected chi connectivity index (χ3v) is 3.90. The lowest BCUT2D eigenvalue weighted by molar-refractivity contribution is -0.125. The number of piperidine rings is 1. The molecule has 1 aliphatic carbocycles. The lowest BCUT2D eigenvalue weighted by Gasteiger charge is -2.34. The Morgan fingerprint density at radius 1 is 1.27 bits per heavy atom. The fraction of sp³-hybridized carbons (Fsp3) is 0.923. The molecule has 86 valence electrons. The van der Waals surface area contributed by atoms with E-state index in [-0.39, 0.29) is 0 Å². The van der Waals surface area contributed by atoms with Crippen LogP contribution in [0.4, 0.5) is 0 Å². The number of hydrogen-bond donors (Lipinski definition) is 0. The molecule has 2 atom stereocenters. The fourth-order valence-electron chi connectivity index (χ4n) is 3.01. The molecule has 1 heterocycles. The van der Waals surface area contributed by atoms with Crippen LogP contribution in [0.1, 0.15) is 45.4 Å². The van der Waals surface area contributed by atoms with Crippen LogP contribution in [-0.2, 0) is 4.79 Å². The molecule has 0 radical (unpaired) electrons. The number of carbonyl (C=O) groups is 1. The summed E-state index contributed by atoms with van der Waals surface area (Å²) in [4.78, 5) is 14.2. The van der Waals surface area contributed by atoms with Gasteiger partial charge in [0.05, 0.1) is 0 Å². The van der Waals surface area contributed by atoms with E-state index in [2.05, 4.69) is 11.8 Å². The molecule has 1 aliphatic heterocycles. The lowest BCUT2D eigenvalue weighted by atomic mass is 9.87. The summed E-state index contributed by atoms with van der Waals surface area (Å²) in [6, 6.07) is 0. The van der Waals surface area contributed by atoms with E-state index in [0.29, 0.717) is 11.7 Å². The summed E-state index contributed by atoms with van der Waals surface area (Å²) in [5.74, 6) is 1.72. The van der Waals surface area contributed by atoms with Gasteiger partial charge >= 0.3 is 0 Å². The van der Waals surface area contributed by atoms with Gasteiger partial charge in [-0.15, -0.1) is 0 Å². The Hall–Kier alpha value is -0.370. The minimum Gasteiger partial charge on any atom is -0.302 e. The fourth-order valence-corrected chi connectivity index (χ4v) is 3.01. The average molecular weight is 209 g/mol. The second kappa shape index (κ2) is 5.11. The lowest BCUT2D eigenvalue weighted by Crippen LogP contribution is -2.40. The van der Waals surface area contributed by atoms with Crippen molar-refractivity contribution in [1.82, 2.24) is 4.90 Å². The van der Waals surface area contributed by atoms with Gasteiger partial charge in [-0.2, -0.15) is 0 Å². The Kier molecular flexibility index (Phi) is 3.79. The number of rotatable bonds is 2. The summed E-state index contributed by atoms with van der Waals surface area (Å²) in [7, 11) is 0. The van der Waals surface area contributed by atoms with E-state index in [1.54, 1.807) is 0 Å². The van der Waals surface area contributed by atoms with Crippen LogP contribution < -0.4 is 0 Å². The third kappa shape index (κ3) is 3.04. The monoisotopic (exact) mass is 209 g/mol. The zero-order valence-corrected chi connectivity index (χ0v) is 9.87. The highest BCUT2D eigenvalue weighted by molar-refractivity contribution is 5.81. The largest absolute Gasteiger partial charge is 0.302 e. The first-order chi connectivity index (χ1) is 7.25. The number of carbonyl (C=O) groups excluding carboxylic acids is 1. The highest BCUT2D eigenvalue weighted by Gasteiger charge is 2.26. The Balaban J connectivity index is 1.81. The van der Waals surface area contributed by atoms with Crippen LogP contribution in [0.3, 0.4) is 0 Å². The molecule has 2 heteroatoms. The van der Waals surface area contributed by atoms with E-state index in [1.807, 2.05) is 0 Å². The molecule has 15 heavy (non-hydrogen) atoms. The third-order valence-electron chi connectivity index (χ3n) is 3.90. The molecule has 1 saturated carbocycles. The molecule has 0 aromatic heterocycles. The molecular weight excluding hydrogens is 186 g/mol. The SMILES string of the molecule is CC1CCCN(CC2CCCCC2=O)C1. The Bertz CT molecular complexity index is 227. The first-order valence-corrected chi connectivity index (χ1v) is 6.51. The van der Waals surface area contributed by atoms with Gasteiger partial charge in [0.25, 0.3) is 0 Å². The van der Waals surface area contributed by atoms with Crippen LogP contribution in [0, 0.1) is 11.8 Å². The summed E-state index contributed by atoms with van der Waals surface area (Å²) in [5, 5.41) is 0.